The fraction of sp³-hybridized carbons (Fsp3) is 0.444. The summed E-state index contributed by atoms with van der Waals surface area (Å²) in [7, 11) is 0. The Morgan fingerprint density at radius 2 is 2.47 bits per heavy atom. The van der Waals surface area contributed by atoms with Crippen LogP contribution < -0.4 is 5.32 Å². The number of hydrogen-bond donors (Lipinski definition) is 2. The molecule has 2 rings (SSSR count). The predicted molar refractivity (Wildman–Crippen MR) is 58.6 cm³/mol. The van der Waals surface area contributed by atoms with Gasteiger partial charge in [0.1, 0.15) is 12.2 Å². The first kappa shape index (κ1) is 10.3. The highest BCUT2D eigenvalue weighted by atomic mass is 32.1. The number of aryl methyl sites for hydroxylation is 1. The molecule has 0 aliphatic heterocycles. The summed E-state index contributed by atoms with van der Waals surface area (Å²) in [4.78, 5) is 8.41. The number of aromatic nitrogens is 4. The van der Waals surface area contributed by atoms with Crippen LogP contribution in [0.2, 0.25) is 0 Å². The number of thiazole rings is 1. The maximum Gasteiger partial charge on any atom is 0.137 e. The minimum Gasteiger partial charge on any atom is -0.311 e. The van der Waals surface area contributed by atoms with Gasteiger partial charge in [-0.2, -0.15) is 5.10 Å². The van der Waals surface area contributed by atoms with Crippen molar-refractivity contribution in [1.82, 2.24) is 25.5 Å². The van der Waals surface area contributed by atoms with Gasteiger partial charge >= 0.3 is 0 Å². The van der Waals surface area contributed by atoms with Crippen molar-refractivity contribution in [2.45, 2.75) is 19.9 Å². The molecule has 0 aliphatic rings. The van der Waals surface area contributed by atoms with Crippen molar-refractivity contribution in [3.8, 4) is 0 Å². The fourth-order valence-electron chi connectivity index (χ4n) is 1.26. The molecule has 5 nitrogen and oxygen atoms in total. The van der Waals surface area contributed by atoms with Gasteiger partial charge in [0.05, 0.1) is 10.7 Å². The molecule has 0 bridgehead atoms. The van der Waals surface area contributed by atoms with Crippen LogP contribution in [0.4, 0.5) is 0 Å². The van der Waals surface area contributed by atoms with Gasteiger partial charge in [-0.1, -0.05) is 0 Å². The van der Waals surface area contributed by atoms with E-state index in [1.54, 1.807) is 11.3 Å². The van der Waals surface area contributed by atoms with E-state index in [0.29, 0.717) is 0 Å². The lowest BCUT2D eigenvalue weighted by Crippen LogP contribution is -2.17. The van der Waals surface area contributed by atoms with Crippen molar-refractivity contribution >= 4 is 11.3 Å². The molecule has 0 fully saturated rings. The van der Waals surface area contributed by atoms with Crippen molar-refractivity contribution in [2.75, 3.05) is 6.54 Å². The molecule has 0 aliphatic carbocycles. The molecule has 15 heavy (non-hydrogen) atoms. The van der Waals surface area contributed by atoms with E-state index >= 15 is 0 Å². The predicted octanol–water partition coefficient (Wildman–Crippen LogP) is 0.902. The summed E-state index contributed by atoms with van der Waals surface area (Å²) in [6, 6.07) is 0. The van der Waals surface area contributed by atoms with Gasteiger partial charge in [0.25, 0.3) is 0 Å². The van der Waals surface area contributed by atoms with Crippen LogP contribution in [0.15, 0.2) is 11.7 Å². The largest absolute Gasteiger partial charge is 0.311 e. The Balaban J connectivity index is 1.67. The SMILES string of the molecule is Cc1nc(CNCCc2ncn[nH]2)cs1. The molecule has 2 N–H and O–H groups in total. The molecule has 0 saturated carbocycles. The number of H-pyrrole nitrogens is 1. The van der Waals surface area contributed by atoms with E-state index in [9.17, 15) is 0 Å². The first-order chi connectivity index (χ1) is 7.34. The Morgan fingerprint density at radius 1 is 1.53 bits per heavy atom. The summed E-state index contributed by atoms with van der Waals surface area (Å²) in [5, 5.41) is 13.1. The second-order valence-electron chi connectivity index (χ2n) is 3.22. The highest BCUT2D eigenvalue weighted by Gasteiger charge is 1.98. The van der Waals surface area contributed by atoms with Gasteiger partial charge in [0.2, 0.25) is 0 Å². The molecular formula is C9H13N5S. The van der Waals surface area contributed by atoms with Crippen LogP contribution in [0.1, 0.15) is 16.5 Å². The summed E-state index contributed by atoms with van der Waals surface area (Å²) in [5.74, 6) is 0.914. The molecule has 0 spiro atoms. The monoisotopic (exact) mass is 223 g/mol. The van der Waals surface area contributed by atoms with Crippen LogP contribution in [0.25, 0.3) is 0 Å². The maximum atomic E-state index is 4.37. The average molecular weight is 223 g/mol. The molecule has 0 atom stereocenters. The number of rotatable bonds is 5. The molecule has 2 aromatic heterocycles. The maximum absolute atomic E-state index is 4.37. The van der Waals surface area contributed by atoms with Crippen LogP contribution in [0, 0.1) is 6.92 Å². The third-order valence-electron chi connectivity index (χ3n) is 1.98. The molecule has 2 heterocycles. The van der Waals surface area contributed by atoms with Crippen LogP contribution in [0.5, 0.6) is 0 Å². The van der Waals surface area contributed by atoms with E-state index in [4.69, 9.17) is 0 Å². The van der Waals surface area contributed by atoms with Crippen molar-refractivity contribution in [3.63, 3.8) is 0 Å². The molecule has 80 valence electrons. The van der Waals surface area contributed by atoms with E-state index < -0.39 is 0 Å². The molecule has 0 amide bonds. The van der Waals surface area contributed by atoms with Crippen molar-refractivity contribution in [2.24, 2.45) is 0 Å². The van der Waals surface area contributed by atoms with Gasteiger partial charge in [0, 0.05) is 24.9 Å². The standard InChI is InChI=1S/C9H13N5S/c1-7-13-8(5-15-7)4-10-3-2-9-11-6-12-14-9/h5-6,10H,2-4H2,1H3,(H,11,12,14). The molecule has 0 aromatic carbocycles. The van der Waals surface area contributed by atoms with Gasteiger partial charge in [-0.05, 0) is 6.92 Å². The number of nitrogens with one attached hydrogen (secondary N) is 2. The van der Waals surface area contributed by atoms with Gasteiger partial charge < -0.3 is 5.32 Å². The summed E-state index contributed by atoms with van der Waals surface area (Å²) in [6.45, 7) is 3.72. The topological polar surface area (TPSA) is 66.5 Å². The molecule has 0 radical (unpaired) electrons. The van der Waals surface area contributed by atoms with E-state index in [-0.39, 0.29) is 0 Å². The van der Waals surface area contributed by atoms with Gasteiger partial charge in [-0.25, -0.2) is 9.97 Å². The summed E-state index contributed by atoms with van der Waals surface area (Å²) >= 11 is 1.68. The van der Waals surface area contributed by atoms with Gasteiger partial charge in [-0.15, -0.1) is 11.3 Å². The lowest BCUT2D eigenvalue weighted by molar-refractivity contribution is 0.663. The van der Waals surface area contributed by atoms with E-state index in [0.717, 1.165) is 36.0 Å². The molecule has 0 saturated heterocycles. The molecule has 2 aromatic rings. The second-order valence-corrected chi connectivity index (χ2v) is 4.28. The molecule has 6 heteroatoms. The van der Waals surface area contributed by atoms with E-state index in [2.05, 4.69) is 30.9 Å². The molecule has 0 unspecified atom stereocenters. The first-order valence-electron chi connectivity index (χ1n) is 4.80. The zero-order chi connectivity index (χ0) is 10.5. The summed E-state index contributed by atoms with van der Waals surface area (Å²) in [6.07, 6.45) is 2.39. The number of hydrogen-bond acceptors (Lipinski definition) is 5. The van der Waals surface area contributed by atoms with Crippen LogP contribution >= 0.6 is 11.3 Å². The van der Waals surface area contributed by atoms with Crippen molar-refractivity contribution < 1.29 is 0 Å². The second kappa shape index (κ2) is 4.99. The van der Waals surface area contributed by atoms with Gasteiger partial charge in [-0.3, -0.25) is 5.10 Å². The zero-order valence-electron chi connectivity index (χ0n) is 8.53. The Morgan fingerprint density at radius 3 is 3.13 bits per heavy atom. The highest BCUT2D eigenvalue weighted by molar-refractivity contribution is 7.09. The smallest absolute Gasteiger partial charge is 0.137 e. The first-order valence-corrected chi connectivity index (χ1v) is 5.68. The van der Waals surface area contributed by atoms with E-state index in [1.807, 2.05) is 6.92 Å². The third kappa shape index (κ3) is 3.10. The summed E-state index contributed by atoms with van der Waals surface area (Å²) in [5.41, 5.74) is 1.11. The van der Waals surface area contributed by atoms with Crippen molar-refractivity contribution in [1.29, 1.82) is 0 Å². The summed E-state index contributed by atoms with van der Waals surface area (Å²) < 4.78 is 0. The Labute approximate surface area is 92.0 Å². The van der Waals surface area contributed by atoms with Crippen LogP contribution in [-0.4, -0.2) is 26.7 Å². The average Bonchev–Trinajstić information content (AvgIpc) is 2.84. The highest BCUT2D eigenvalue weighted by Crippen LogP contribution is 2.06. The van der Waals surface area contributed by atoms with E-state index in [1.165, 1.54) is 6.33 Å². The minimum atomic E-state index is 0.818. The quantitative estimate of drug-likeness (QED) is 0.739. The normalized spacial score (nSPS) is 10.7. The van der Waals surface area contributed by atoms with Gasteiger partial charge in [0.15, 0.2) is 0 Å². The van der Waals surface area contributed by atoms with Crippen LogP contribution in [-0.2, 0) is 13.0 Å². The Kier molecular flexibility index (Phi) is 3.41. The Hall–Kier alpha value is -1.27. The third-order valence-corrected chi connectivity index (χ3v) is 2.80. The minimum absolute atomic E-state index is 0.818. The number of aromatic amines is 1. The zero-order valence-corrected chi connectivity index (χ0v) is 9.34. The lowest BCUT2D eigenvalue weighted by Gasteiger charge is -1.99. The Bertz CT molecular complexity index is 394. The lowest BCUT2D eigenvalue weighted by atomic mass is 10.4. The molecular weight excluding hydrogens is 210 g/mol. The fourth-order valence-corrected chi connectivity index (χ4v) is 1.88. The van der Waals surface area contributed by atoms with Crippen molar-refractivity contribution in [3.05, 3.63) is 28.2 Å². The van der Waals surface area contributed by atoms with Crippen LogP contribution in [0.3, 0.4) is 0 Å². The number of nitrogens with zero attached hydrogens (tertiary/aromatic N) is 3.